The Balaban J connectivity index is 2.07. The highest BCUT2D eigenvalue weighted by atomic mass is 35.5. The van der Waals surface area contributed by atoms with E-state index >= 15 is 0 Å². The number of halogens is 1. The predicted molar refractivity (Wildman–Crippen MR) is 80.8 cm³/mol. The first-order valence-electron chi connectivity index (χ1n) is 6.11. The predicted octanol–water partition coefficient (Wildman–Crippen LogP) is 2.97. The van der Waals surface area contributed by atoms with Gasteiger partial charge in [0.25, 0.3) is 0 Å². The van der Waals surface area contributed by atoms with E-state index in [9.17, 15) is 4.79 Å². The Kier molecular flexibility index (Phi) is 5.45. The second-order valence-electron chi connectivity index (χ2n) is 4.04. The van der Waals surface area contributed by atoms with Crippen molar-refractivity contribution in [2.75, 3.05) is 5.75 Å². The molecular formula is C12H14ClN3O2S2. The SMILES string of the molecule is CCc1nnc(SCC(=O)O)n1CCc1ccc(Cl)s1. The normalized spacial score (nSPS) is 10.9. The molecule has 0 radical (unpaired) electrons. The Morgan fingerprint density at radius 1 is 1.50 bits per heavy atom. The number of aliphatic carboxylic acids is 1. The number of aryl methyl sites for hydroxylation is 2. The Bertz CT molecular complexity index is 597. The van der Waals surface area contributed by atoms with Gasteiger partial charge in [0.1, 0.15) is 5.82 Å². The number of thiophene rings is 1. The molecule has 0 amide bonds. The van der Waals surface area contributed by atoms with E-state index in [0.29, 0.717) is 5.16 Å². The van der Waals surface area contributed by atoms with Gasteiger partial charge in [-0.3, -0.25) is 4.79 Å². The van der Waals surface area contributed by atoms with Crippen LogP contribution in [0.1, 0.15) is 17.6 Å². The van der Waals surface area contributed by atoms with Gasteiger partial charge in [0.15, 0.2) is 5.16 Å². The fourth-order valence-corrected chi connectivity index (χ4v) is 3.53. The zero-order valence-corrected chi connectivity index (χ0v) is 13.3. The summed E-state index contributed by atoms with van der Waals surface area (Å²) in [5.41, 5.74) is 0. The topological polar surface area (TPSA) is 68.0 Å². The van der Waals surface area contributed by atoms with E-state index in [4.69, 9.17) is 16.7 Å². The van der Waals surface area contributed by atoms with Gasteiger partial charge in [-0.2, -0.15) is 0 Å². The lowest BCUT2D eigenvalue weighted by Crippen LogP contribution is -2.08. The molecule has 0 aliphatic rings. The maximum absolute atomic E-state index is 10.7. The van der Waals surface area contributed by atoms with E-state index in [2.05, 4.69) is 10.2 Å². The van der Waals surface area contributed by atoms with Gasteiger partial charge in [-0.05, 0) is 18.6 Å². The summed E-state index contributed by atoms with van der Waals surface area (Å²) >= 11 is 8.67. The molecule has 2 heterocycles. The molecule has 0 bridgehead atoms. The van der Waals surface area contributed by atoms with E-state index < -0.39 is 5.97 Å². The standard InChI is InChI=1S/C12H14ClN3O2S2/c1-2-10-14-15-12(19-7-11(17)18)16(10)6-5-8-3-4-9(13)20-8/h3-4H,2,5-7H2,1H3,(H,17,18). The van der Waals surface area contributed by atoms with Gasteiger partial charge in [-0.25, -0.2) is 0 Å². The number of carboxylic acids is 1. The van der Waals surface area contributed by atoms with Crippen molar-refractivity contribution in [1.82, 2.24) is 14.8 Å². The average Bonchev–Trinajstić information content (AvgIpc) is 2.99. The molecule has 2 aromatic heterocycles. The monoisotopic (exact) mass is 331 g/mol. The first kappa shape index (κ1) is 15.3. The summed E-state index contributed by atoms with van der Waals surface area (Å²) in [6.07, 6.45) is 1.61. The minimum absolute atomic E-state index is 0.00726. The van der Waals surface area contributed by atoms with Crippen LogP contribution in [-0.4, -0.2) is 31.6 Å². The molecule has 2 aromatic rings. The minimum Gasteiger partial charge on any atom is -0.481 e. The molecule has 20 heavy (non-hydrogen) atoms. The van der Waals surface area contributed by atoms with Crippen molar-refractivity contribution in [3.05, 3.63) is 27.2 Å². The van der Waals surface area contributed by atoms with Crippen LogP contribution in [0.5, 0.6) is 0 Å². The molecule has 2 rings (SSSR count). The fraction of sp³-hybridized carbons (Fsp3) is 0.417. The Hall–Kier alpha value is -1.05. The third kappa shape index (κ3) is 3.97. The maximum Gasteiger partial charge on any atom is 0.313 e. The number of hydrogen-bond donors (Lipinski definition) is 1. The van der Waals surface area contributed by atoms with Crippen LogP contribution < -0.4 is 0 Å². The van der Waals surface area contributed by atoms with Crippen LogP contribution in [0.2, 0.25) is 4.34 Å². The molecule has 0 spiro atoms. The lowest BCUT2D eigenvalue weighted by molar-refractivity contribution is -0.133. The van der Waals surface area contributed by atoms with Crippen LogP contribution in [0.3, 0.4) is 0 Å². The molecule has 108 valence electrons. The van der Waals surface area contributed by atoms with Gasteiger partial charge >= 0.3 is 5.97 Å². The fourth-order valence-electron chi connectivity index (χ4n) is 1.75. The number of thioether (sulfide) groups is 1. The Labute approximate surface area is 130 Å². The highest BCUT2D eigenvalue weighted by molar-refractivity contribution is 7.99. The molecule has 0 fully saturated rings. The first-order chi connectivity index (χ1) is 9.60. The van der Waals surface area contributed by atoms with E-state index in [1.165, 1.54) is 16.6 Å². The van der Waals surface area contributed by atoms with E-state index in [-0.39, 0.29) is 5.75 Å². The second-order valence-corrected chi connectivity index (χ2v) is 6.78. The summed E-state index contributed by atoms with van der Waals surface area (Å²) in [5, 5.41) is 17.6. The second kappa shape index (κ2) is 7.10. The summed E-state index contributed by atoms with van der Waals surface area (Å²) in [6.45, 7) is 2.74. The van der Waals surface area contributed by atoms with Crippen LogP contribution in [-0.2, 0) is 24.2 Å². The van der Waals surface area contributed by atoms with Crippen molar-refractivity contribution in [1.29, 1.82) is 0 Å². The zero-order chi connectivity index (χ0) is 14.5. The average molecular weight is 332 g/mol. The number of hydrogen-bond acceptors (Lipinski definition) is 5. The molecule has 0 aromatic carbocycles. The lowest BCUT2D eigenvalue weighted by atomic mass is 10.3. The molecule has 0 saturated carbocycles. The lowest BCUT2D eigenvalue weighted by Gasteiger charge is -2.07. The number of carbonyl (C=O) groups is 1. The third-order valence-corrected chi connectivity index (χ3v) is 4.89. The number of rotatable bonds is 7. The van der Waals surface area contributed by atoms with Crippen molar-refractivity contribution < 1.29 is 9.90 Å². The number of carboxylic acid groups (broad SMARTS) is 1. The van der Waals surface area contributed by atoms with Crippen LogP contribution in [0.4, 0.5) is 0 Å². The molecular weight excluding hydrogens is 318 g/mol. The highest BCUT2D eigenvalue weighted by Gasteiger charge is 2.13. The van der Waals surface area contributed by atoms with Crippen molar-refractivity contribution in [3.8, 4) is 0 Å². The third-order valence-electron chi connectivity index (χ3n) is 2.65. The van der Waals surface area contributed by atoms with Gasteiger partial charge in [0.2, 0.25) is 0 Å². The van der Waals surface area contributed by atoms with Crippen molar-refractivity contribution in [2.24, 2.45) is 0 Å². The molecule has 1 N–H and O–H groups in total. The highest BCUT2D eigenvalue weighted by Crippen LogP contribution is 2.23. The van der Waals surface area contributed by atoms with Crippen molar-refractivity contribution >= 4 is 40.7 Å². The molecule has 0 aliphatic heterocycles. The summed E-state index contributed by atoms with van der Waals surface area (Å²) in [4.78, 5) is 11.8. The number of nitrogens with zero attached hydrogens (tertiary/aromatic N) is 3. The van der Waals surface area contributed by atoms with Gasteiger partial charge in [-0.15, -0.1) is 21.5 Å². The molecule has 0 unspecified atom stereocenters. The van der Waals surface area contributed by atoms with E-state index in [1.54, 1.807) is 11.3 Å². The Morgan fingerprint density at radius 3 is 2.90 bits per heavy atom. The smallest absolute Gasteiger partial charge is 0.313 e. The zero-order valence-electron chi connectivity index (χ0n) is 10.9. The van der Waals surface area contributed by atoms with Crippen LogP contribution in [0.15, 0.2) is 17.3 Å². The van der Waals surface area contributed by atoms with Gasteiger partial charge in [0.05, 0.1) is 10.1 Å². The first-order valence-corrected chi connectivity index (χ1v) is 8.29. The van der Waals surface area contributed by atoms with Gasteiger partial charge < -0.3 is 9.67 Å². The number of aromatic nitrogens is 3. The molecule has 8 heteroatoms. The minimum atomic E-state index is -0.854. The van der Waals surface area contributed by atoms with Crippen LogP contribution >= 0.6 is 34.7 Å². The summed E-state index contributed by atoms with van der Waals surface area (Å²) in [7, 11) is 0. The summed E-state index contributed by atoms with van der Waals surface area (Å²) in [5.74, 6) is 0.0142. The van der Waals surface area contributed by atoms with E-state index in [1.807, 2.05) is 23.6 Å². The van der Waals surface area contributed by atoms with Crippen LogP contribution in [0.25, 0.3) is 0 Å². The van der Waals surface area contributed by atoms with E-state index in [0.717, 1.165) is 29.5 Å². The largest absolute Gasteiger partial charge is 0.481 e. The quantitative estimate of drug-likeness (QED) is 0.790. The molecule has 5 nitrogen and oxygen atoms in total. The van der Waals surface area contributed by atoms with Crippen molar-refractivity contribution in [3.63, 3.8) is 0 Å². The molecule has 0 saturated heterocycles. The molecule has 0 aliphatic carbocycles. The maximum atomic E-state index is 10.7. The summed E-state index contributed by atoms with van der Waals surface area (Å²) in [6, 6.07) is 3.89. The van der Waals surface area contributed by atoms with Gasteiger partial charge in [-0.1, -0.05) is 30.3 Å². The molecule has 0 atom stereocenters. The Morgan fingerprint density at radius 2 is 2.30 bits per heavy atom. The van der Waals surface area contributed by atoms with Crippen molar-refractivity contribution in [2.45, 2.75) is 31.5 Å². The van der Waals surface area contributed by atoms with Gasteiger partial charge in [0, 0.05) is 17.8 Å². The summed E-state index contributed by atoms with van der Waals surface area (Å²) < 4.78 is 2.77. The van der Waals surface area contributed by atoms with Crippen LogP contribution in [0, 0.1) is 0 Å².